The SMILES string of the molecule is C[NH+]1CCN(c2ccc(NC(=O)c3ccc(Cl)cc3Cl)cc2)CC1. The maximum atomic E-state index is 12.3. The van der Waals surface area contributed by atoms with Gasteiger partial charge in [0.1, 0.15) is 0 Å². The van der Waals surface area contributed by atoms with Crippen molar-refractivity contribution in [3.8, 4) is 0 Å². The zero-order valence-corrected chi connectivity index (χ0v) is 15.0. The molecule has 24 heavy (non-hydrogen) atoms. The molecule has 2 aromatic rings. The van der Waals surface area contributed by atoms with Crippen molar-refractivity contribution in [2.45, 2.75) is 0 Å². The fourth-order valence-electron chi connectivity index (χ4n) is 2.77. The molecule has 0 bridgehead atoms. The van der Waals surface area contributed by atoms with Crippen LogP contribution in [0.3, 0.4) is 0 Å². The molecule has 3 rings (SSSR count). The van der Waals surface area contributed by atoms with Gasteiger partial charge in [0.15, 0.2) is 0 Å². The van der Waals surface area contributed by atoms with Crippen molar-refractivity contribution in [1.29, 1.82) is 0 Å². The summed E-state index contributed by atoms with van der Waals surface area (Å²) in [5.74, 6) is -0.243. The second kappa shape index (κ2) is 7.43. The van der Waals surface area contributed by atoms with Crippen molar-refractivity contribution >= 4 is 40.5 Å². The highest BCUT2D eigenvalue weighted by molar-refractivity contribution is 6.37. The van der Waals surface area contributed by atoms with Gasteiger partial charge >= 0.3 is 0 Å². The minimum atomic E-state index is -0.243. The Hall–Kier alpha value is -1.75. The Morgan fingerprint density at radius 3 is 2.38 bits per heavy atom. The monoisotopic (exact) mass is 364 g/mol. The van der Waals surface area contributed by atoms with Gasteiger partial charge in [-0.05, 0) is 42.5 Å². The molecule has 0 aliphatic carbocycles. The first-order valence-corrected chi connectivity index (χ1v) is 8.71. The number of anilines is 2. The van der Waals surface area contributed by atoms with Crippen molar-refractivity contribution in [2.75, 3.05) is 43.4 Å². The van der Waals surface area contributed by atoms with Gasteiger partial charge < -0.3 is 15.1 Å². The van der Waals surface area contributed by atoms with E-state index in [1.807, 2.05) is 24.3 Å². The molecule has 1 fully saturated rings. The van der Waals surface area contributed by atoms with Gasteiger partial charge in [0.05, 0.1) is 43.8 Å². The molecule has 0 atom stereocenters. The van der Waals surface area contributed by atoms with E-state index >= 15 is 0 Å². The number of carbonyl (C=O) groups is 1. The standard InChI is InChI=1S/C18H19Cl2N3O/c1-22-8-10-23(11-9-22)15-5-3-14(4-6-15)21-18(24)16-7-2-13(19)12-17(16)20/h2-7,12H,8-11H2,1H3,(H,21,24)/p+1. The van der Waals surface area contributed by atoms with Gasteiger partial charge in [0, 0.05) is 16.4 Å². The van der Waals surface area contributed by atoms with Gasteiger partial charge in [0.25, 0.3) is 5.91 Å². The van der Waals surface area contributed by atoms with E-state index in [2.05, 4.69) is 17.3 Å². The van der Waals surface area contributed by atoms with E-state index in [-0.39, 0.29) is 5.91 Å². The van der Waals surface area contributed by atoms with Crippen LogP contribution in [-0.4, -0.2) is 39.1 Å². The van der Waals surface area contributed by atoms with E-state index in [0.717, 1.165) is 31.9 Å². The number of likely N-dealkylation sites (N-methyl/N-ethyl adjacent to an activating group) is 1. The lowest BCUT2D eigenvalue weighted by Gasteiger charge is -2.31. The molecule has 4 nitrogen and oxygen atoms in total. The van der Waals surface area contributed by atoms with Gasteiger partial charge in [-0.15, -0.1) is 0 Å². The van der Waals surface area contributed by atoms with E-state index in [1.165, 1.54) is 5.69 Å². The van der Waals surface area contributed by atoms with E-state index < -0.39 is 0 Å². The minimum Gasteiger partial charge on any atom is -0.360 e. The van der Waals surface area contributed by atoms with Crippen LogP contribution >= 0.6 is 23.2 Å². The number of quaternary nitrogens is 1. The third kappa shape index (κ3) is 4.01. The molecule has 1 amide bonds. The highest BCUT2D eigenvalue weighted by Gasteiger charge is 2.17. The molecule has 2 aromatic carbocycles. The smallest absolute Gasteiger partial charge is 0.257 e. The Kier molecular flexibility index (Phi) is 5.29. The van der Waals surface area contributed by atoms with Gasteiger partial charge in [-0.25, -0.2) is 0 Å². The fourth-order valence-corrected chi connectivity index (χ4v) is 3.27. The quantitative estimate of drug-likeness (QED) is 0.877. The molecule has 0 aromatic heterocycles. The van der Waals surface area contributed by atoms with Crippen LogP contribution in [0.4, 0.5) is 11.4 Å². The molecule has 1 saturated heterocycles. The van der Waals surface area contributed by atoms with E-state index in [4.69, 9.17) is 23.2 Å². The zero-order valence-electron chi connectivity index (χ0n) is 13.5. The molecule has 6 heteroatoms. The van der Waals surface area contributed by atoms with Gasteiger partial charge in [-0.2, -0.15) is 0 Å². The average Bonchev–Trinajstić information content (AvgIpc) is 2.56. The largest absolute Gasteiger partial charge is 0.360 e. The number of nitrogens with zero attached hydrogens (tertiary/aromatic N) is 1. The lowest BCUT2D eigenvalue weighted by atomic mass is 10.2. The number of amides is 1. The second-order valence-corrected chi connectivity index (χ2v) is 6.91. The lowest BCUT2D eigenvalue weighted by molar-refractivity contribution is -0.880. The summed E-state index contributed by atoms with van der Waals surface area (Å²) in [5, 5.41) is 3.72. The van der Waals surface area contributed by atoms with Gasteiger partial charge in [-0.3, -0.25) is 4.79 Å². The third-order valence-electron chi connectivity index (χ3n) is 4.28. The van der Waals surface area contributed by atoms with Crippen LogP contribution in [0.2, 0.25) is 10.0 Å². The first kappa shape index (κ1) is 17.1. The molecule has 2 N–H and O–H groups in total. The van der Waals surface area contributed by atoms with E-state index in [0.29, 0.717) is 15.6 Å². The van der Waals surface area contributed by atoms with Gasteiger partial charge in [0.2, 0.25) is 0 Å². The number of piperazine rings is 1. The number of halogens is 2. The molecule has 126 valence electrons. The van der Waals surface area contributed by atoms with Crippen molar-refractivity contribution in [1.82, 2.24) is 0 Å². The number of carbonyl (C=O) groups excluding carboxylic acids is 1. The Morgan fingerprint density at radius 2 is 1.75 bits per heavy atom. The first-order chi connectivity index (χ1) is 11.5. The predicted octanol–water partition coefficient (Wildman–Crippen LogP) is 2.58. The summed E-state index contributed by atoms with van der Waals surface area (Å²) in [6, 6.07) is 12.8. The van der Waals surface area contributed by atoms with E-state index in [9.17, 15) is 4.79 Å². The first-order valence-electron chi connectivity index (χ1n) is 7.95. The summed E-state index contributed by atoms with van der Waals surface area (Å²) >= 11 is 11.9. The molecule has 0 spiro atoms. The Bertz CT molecular complexity index is 726. The van der Waals surface area contributed by atoms with Crippen LogP contribution in [0.25, 0.3) is 0 Å². The van der Waals surface area contributed by atoms with Crippen LogP contribution in [-0.2, 0) is 0 Å². The predicted molar refractivity (Wildman–Crippen MR) is 99.7 cm³/mol. The molecule has 1 heterocycles. The number of hydrogen-bond acceptors (Lipinski definition) is 2. The Balaban J connectivity index is 1.66. The molecular weight excluding hydrogens is 345 g/mol. The summed E-state index contributed by atoms with van der Waals surface area (Å²) in [6.07, 6.45) is 0. The van der Waals surface area contributed by atoms with Crippen LogP contribution in [0, 0.1) is 0 Å². The Labute approximate surface area is 152 Å². The summed E-state index contributed by atoms with van der Waals surface area (Å²) < 4.78 is 0. The Morgan fingerprint density at radius 1 is 1.08 bits per heavy atom. The zero-order chi connectivity index (χ0) is 17.1. The van der Waals surface area contributed by atoms with Crippen LogP contribution < -0.4 is 15.1 Å². The molecule has 1 aliphatic heterocycles. The normalized spacial score (nSPS) is 15.4. The molecular formula is C18H20Cl2N3O+. The summed E-state index contributed by atoms with van der Waals surface area (Å²) in [4.78, 5) is 16.3. The summed E-state index contributed by atoms with van der Waals surface area (Å²) in [5.41, 5.74) is 2.34. The highest BCUT2D eigenvalue weighted by Crippen LogP contribution is 2.23. The number of nitrogens with one attached hydrogen (secondary N) is 2. The van der Waals surface area contributed by atoms with Crippen LogP contribution in [0.5, 0.6) is 0 Å². The number of benzene rings is 2. The van der Waals surface area contributed by atoms with Gasteiger partial charge in [-0.1, -0.05) is 23.2 Å². The molecule has 0 radical (unpaired) electrons. The van der Waals surface area contributed by atoms with Crippen molar-refractivity contribution in [3.05, 3.63) is 58.1 Å². The number of rotatable bonds is 3. The maximum Gasteiger partial charge on any atom is 0.257 e. The maximum absolute atomic E-state index is 12.3. The van der Waals surface area contributed by atoms with Crippen LogP contribution in [0.15, 0.2) is 42.5 Å². The average molecular weight is 365 g/mol. The van der Waals surface area contributed by atoms with Crippen molar-refractivity contribution in [2.24, 2.45) is 0 Å². The minimum absolute atomic E-state index is 0.243. The topological polar surface area (TPSA) is 36.8 Å². The second-order valence-electron chi connectivity index (χ2n) is 6.07. The molecule has 1 aliphatic rings. The van der Waals surface area contributed by atoms with Crippen molar-refractivity contribution < 1.29 is 9.69 Å². The lowest BCUT2D eigenvalue weighted by Crippen LogP contribution is -3.12. The van der Waals surface area contributed by atoms with Crippen molar-refractivity contribution in [3.63, 3.8) is 0 Å². The van der Waals surface area contributed by atoms with E-state index in [1.54, 1.807) is 23.1 Å². The summed E-state index contributed by atoms with van der Waals surface area (Å²) in [7, 11) is 2.22. The fraction of sp³-hybridized carbons (Fsp3) is 0.278. The highest BCUT2D eigenvalue weighted by atomic mass is 35.5. The van der Waals surface area contributed by atoms with Crippen LogP contribution in [0.1, 0.15) is 10.4 Å². The molecule has 0 unspecified atom stereocenters. The third-order valence-corrected chi connectivity index (χ3v) is 4.83. The summed E-state index contributed by atoms with van der Waals surface area (Å²) in [6.45, 7) is 4.40. The number of hydrogen-bond donors (Lipinski definition) is 2. The molecule has 0 saturated carbocycles.